The lowest BCUT2D eigenvalue weighted by molar-refractivity contribution is -0.142. The van der Waals surface area contributed by atoms with Crippen molar-refractivity contribution in [1.82, 2.24) is 10.2 Å². The second-order valence-corrected chi connectivity index (χ2v) is 7.01. The molecule has 0 bridgehead atoms. The number of carbonyl (C=O) groups is 3. The van der Waals surface area contributed by atoms with Crippen molar-refractivity contribution in [3.05, 3.63) is 28.8 Å². The molecule has 1 aliphatic heterocycles. The molecular formula is C19H25ClN2O5. The van der Waals surface area contributed by atoms with Gasteiger partial charge in [-0.05, 0) is 37.5 Å². The van der Waals surface area contributed by atoms with Gasteiger partial charge in [0.05, 0.1) is 18.6 Å². The van der Waals surface area contributed by atoms with Crippen molar-refractivity contribution in [3.63, 3.8) is 0 Å². The summed E-state index contributed by atoms with van der Waals surface area (Å²) in [5, 5.41) is 12.3. The lowest BCUT2D eigenvalue weighted by Crippen LogP contribution is -2.47. The summed E-state index contributed by atoms with van der Waals surface area (Å²) in [4.78, 5) is 38.3. The van der Waals surface area contributed by atoms with Crippen LogP contribution in [-0.2, 0) is 9.59 Å². The smallest absolute Gasteiger partial charge is 0.308 e. The molecule has 2 amide bonds. The summed E-state index contributed by atoms with van der Waals surface area (Å²) in [5.41, 5.74) is 0.305. The monoisotopic (exact) mass is 396 g/mol. The molecule has 0 aromatic heterocycles. The van der Waals surface area contributed by atoms with Crippen LogP contribution in [0, 0.1) is 5.92 Å². The van der Waals surface area contributed by atoms with Crippen molar-refractivity contribution < 1.29 is 24.2 Å². The van der Waals surface area contributed by atoms with Crippen molar-refractivity contribution in [3.8, 4) is 5.75 Å². The van der Waals surface area contributed by atoms with Gasteiger partial charge in [-0.3, -0.25) is 14.4 Å². The number of rotatable bonds is 8. The number of aliphatic carboxylic acids is 1. The molecule has 0 spiro atoms. The summed E-state index contributed by atoms with van der Waals surface area (Å²) in [6.07, 6.45) is 2.44. The molecule has 2 N–H and O–H groups in total. The Balaban J connectivity index is 2.10. The molecule has 0 aliphatic carbocycles. The Morgan fingerprint density at radius 2 is 2.15 bits per heavy atom. The zero-order chi connectivity index (χ0) is 20.0. The van der Waals surface area contributed by atoms with E-state index in [9.17, 15) is 19.5 Å². The van der Waals surface area contributed by atoms with Gasteiger partial charge in [-0.2, -0.15) is 0 Å². The number of nitrogens with one attached hydrogen (secondary N) is 1. The van der Waals surface area contributed by atoms with Gasteiger partial charge in [0.15, 0.2) is 0 Å². The number of carboxylic acid groups (broad SMARTS) is 1. The third-order valence-electron chi connectivity index (χ3n) is 4.72. The Morgan fingerprint density at radius 3 is 2.78 bits per heavy atom. The molecule has 2 rings (SSSR count). The van der Waals surface area contributed by atoms with Gasteiger partial charge in [0.25, 0.3) is 5.91 Å². The summed E-state index contributed by atoms with van der Waals surface area (Å²) in [6, 6.07) is 4.14. The highest BCUT2D eigenvalue weighted by Gasteiger charge is 2.36. The fraction of sp³-hybridized carbons (Fsp3) is 0.526. The van der Waals surface area contributed by atoms with E-state index in [0.29, 0.717) is 42.1 Å². The van der Waals surface area contributed by atoms with Gasteiger partial charge in [0, 0.05) is 18.1 Å². The van der Waals surface area contributed by atoms with Gasteiger partial charge in [-0.15, -0.1) is 0 Å². The van der Waals surface area contributed by atoms with Crippen LogP contribution in [-0.4, -0.2) is 54.0 Å². The van der Waals surface area contributed by atoms with Crippen molar-refractivity contribution in [1.29, 1.82) is 0 Å². The average molecular weight is 397 g/mol. The molecule has 0 radical (unpaired) electrons. The maximum absolute atomic E-state index is 13.0. The number of methoxy groups -OCH3 is 1. The van der Waals surface area contributed by atoms with Crippen LogP contribution in [0.15, 0.2) is 18.2 Å². The first-order valence-corrected chi connectivity index (χ1v) is 9.41. The number of hydrogen-bond donors (Lipinski definition) is 2. The number of nitrogens with zero attached hydrogens (tertiary/aromatic N) is 1. The molecule has 1 heterocycles. The summed E-state index contributed by atoms with van der Waals surface area (Å²) >= 11 is 6.01. The van der Waals surface area contributed by atoms with Gasteiger partial charge < -0.3 is 20.1 Å². The van der Waals surface area contributed by atoms with Gasteiger partial charge >= 0.3 is 5.97 Å². The predicted molar refractivity (Wildman–Crippen MR) is 101 cm³/mol. The fourth-order valence-corrected chi connectivity index (χ4v) is 3.46. The summed E-state index contributed by atoms with van der Waals surface area (Å²) in [6.45, 7) is 2.40. The topological polar surface area (TPSA) is 95.9 Å². The molecule has 2 atom stereocenters. The quantitative estimate of drug-likeness (QED) is 0.704. The molecule has 27 heavy (non-hydrogen) atoms. The molecule has 1 aromatic carbocycles. The van der Waals surface area contributed by atoms with E-state index < -0.39 is 17.9 Å². The van der Waals surface area contributed by atoms with E-state index in [1.165, 1.54) is 18.1 Å². The van der Waals surface area contributed by atoms with Crippen LogP contribution in [0.2, 0.25) is 5.02 Å². The Bertz CT molecular complexity index is 709. The molecule has 148 valence electrons. The maximum atomic E-state index is 13.0. The standard InChI is InChI=1S/C19H25ClN2O5/c1-3-5-12(19(25)26)11-21-17(23)15-6-4-9-22(15)18(24)14-10-13(20)7-8-16(14)27-2/h7-8,10,12,15H,3-6,9,11H2,1-2H3,(H,21,23)(H,25,26). The largest absolute Gasteiger partial charge is 0.496 e. The minimum atomic E-state index is -0.930. The minimum Gasteiger partial charge on any atom is -0.496 e. The Morgan fingerprint density at radius 1 is 1.41 bits per heavy atom. The first-order chi connectivity index (χ1) is 12.9. The van der Waals surface area contributed by atoms with E-state index in [4.69, 9.17) is 16.3 Å². The van der Waals surface area contributed by atoms with Crippen LogP contribution in [0.3, 0.4) is 0 Å². The molecule has 8 heteroatoms. The van der Waals surface area contributed by atoms with Crippen molar-refractivity contribution in [2.45, 2.75) is 38.6 Å². The highest BCUT2D eigenvalue weighted by molar-refractivity contribution is 6.31. The highest BCUT2D eigenvalue weighted by atomic mass is 35.5. The molecule has 2 unspecified atom stereocenters. The van der Waals surface area contributed by atoms with Gasteiger partial charge in [-0.25, -0.2) is 0 Å². The van der Waals surface area contributed by atoms with E-state index in [2.05, 4.69) is 5.32 Å². The van der Waals surface area contributed by atoms with Crippen molar-refractivity contribution in [2.24, 2.45) is 5.92 Å². The van der Waals surface area contributed by atoms with Gasteiger partial charge in [-0.1, -0.05) is 24.9 Å². The van der Waals surface area contributed by atoms with E-state index in [1.807, 2.05) is 6.92 Å². The number of likely N-dealkylation sites (tertiary alicyclic amines) is 1. The average Bonchev–Trinajstić information content (AvgIpc) is 3.13. The fourth-order valence-electron chi connectivity index (χ4n) is 3.29. The highest BCUT2D eigenvalue weighted by Crippen LogP contribution is 2.27. The second-order valence-electron chi connectivity index (χ2n) is 6.57. The normalized spacial score (nSPS) is 17.4. The van der Waals surface area contributed by atoms with Gasteiger partial charge in [0.2, 0.25) is 5.91 Å². The van der Waals surface area contributed by atoms with Crippen LogP contribution in [0.25, 0.3) is 0 Å². The molecule has 0 saturated carbocycles. The van der Waals surface area contributed by atoms with E-state index in [0.717, 1.165) is 6.42 Å². The maximum Gasteiger partial charge on any atom is 0.308 e. The van der Waals surface area contributed by atoms with Crippen molar-refractivity contribution >= 4 is 29.4 Å². The molecule has 1 aromatic rings. The first-order valence-electron chi connectivity index (χ1n) is 9.04. The summed E-state index contributed by atoms with van der Waals surface area (Å²) in [5.74, 6) is -1.82. The number of carbonyl (C=O) groups excluding carboxylic acids is 2. The van der Waals surface area contributed by atoms with E-state index in [-0.39, 0.29) is 18.4 Å². The number of amides is 2. The van der Waals surface area contributed by atoms with Gasteiger partial charge in [0.1, 0.15) is 11.8 Å². The Labute approximate surface area is 163 Å². The SMILES string of the molecule is CCCC(CNC(=O)C1CCCN1C(=O)c1cc(Cl)ccc1OC)C(=O)O. The third kappa shape index (κ3) is 5.13. The summed E-state index contributed by atoms with van der Waals surface area (Å²) < 4.78 is 5.24. The Kier molecular flexibility index (Phi) is 7.47. The zero-order valence-corrected chi connectivity index (χ0v) is 16.3. The van der Waals surface area contributed by atoms with E-state index in [1.54, 1.807) is 12.1 Å². The van der Waals surface area contributed by atoms with Crippen LogP contribution in [0.5, 0.6) is 5.75 Å². The lowest BCUT2D eigenvalue weighted by atomic mass is 10.0. The number of halogens is 1. The molecule has 7 nitrogen and oxygen atoms in total. The number of benzene rings is 1. The van der Waals surface area contributed by atoms with E-state index >= 15 is 0 Å². The number of hydrogen-bond acceptors (Lipinski definition) is 4. The predicted octanol–water partition coefficient (Wildman–Crippen LogP) is 2.57. The van der Waals surface area contributed by atoms with Crippen LogP contribution in [0.4, 0.5) is 0 Å². The first kappa shape index (κ1) is 21.0. The van der Waals surface area contributed by atoms with Crippen LogP contribution < -0.4 is 10.1 Å². The van der Waals surface area contributed by atoms with Crippen LogP contribution in [0.1, 0.15) is 43.0 Å². The number of ether oxygens (including phenoxy) is 1. The molecule has 1 saturated heterocycles. The van der Waals surface area contributed by atoms with Crippen molar-refractivity contribution in [2.75, 3.05) is 20.2 Å². The lowest BCUT2D eigenvalue weighted by Gasteiger charge is -2.25. The number of carboxylic acids is 1. The second kappa shape index (κ2) is 9.60. The minimum absolute atomic E-state index is 0.0566. The third-order valence-corrected chi connectivity index (χ3v) is 4.95. The Hall–Kier alpha value is -2.28. The van der Waals surface area contributed by atoms with Crippen LogP contribution >= 0.6 is 11.6 Å². The zero-order valence-electron chi connectivity index (χ0n) is 15.5. The molecule has 1 aliphatic rings. The summed E-state index contributed by atoms with van der Waals surface area (Å²) in [7, 11) is 1.47. The molecular weight excluding hydrogens is 372 g/mol. The molecule has 1 fully saturated rings.